The molecule has 0 unspecified atom stereocenters. The Morgan fingerprint density at radius 2 is 1.74 bits per heavy atom. The Morgan fingerprint density at radius 3 is 2.16 bits per heavy atom. The summed E-state index contributed by atoms with van der Waals surface area (Å²) in [4.78, 5) is 11.6. The van der Waals surface area contributed by atoms with Crippen molar-refractivity contribution >= 4 is 5.97 Å². The second-order valence-corrected chi connectivity index (χ2v) is 7.21. The van der Waals surface area contributed by atoms with Gasteiger partial charge in [0, 0.05) is 11.0 Å². The molecule has 0 saturated heterocycles. The summed E-state index contributed by atoms with van der Waals surface area (Å²) in [5, 5.41) is 10.2. The number of hydrogen-bond acceptors (Lipinski definition) is 3. The first-order valence-electron chi connectivity index (χ1n) is 7.42. The Labute approximate surface area is 115 Å². The van der Waals surface area contributed by atoms with Crippen molar-refractivity contribution < 1.29 is 14.6 Å². The zero-order valence-electron chi connectivity index (χ0n) is 11.9. The van der Waals surface area contributed by atoms with Crippen molar-refractivity contribution in [1.82, 2.24) is 0 Å². The van der Waals surface area contributed by atoms with Crippen molar-refractivity contribution in [2.75, 3.05) is 6.61 Å². The molecule has 0 aromatic carbocycles. The van der Waals surface area contributed by atoms with Crippen LogP contribution in [0.25, 0.3) is 0 Å². The highest BCUT2D eigenvalue weighted by Crippen LogP contribution is 2.62. The largest absolute Gasteiger partial charge is 0.462 e. The van der Waals surface area contributed by atoms with Crippen LogP contribution in [0.3, 0.4) is 0 Å². The third kappa shape index (κ3) is 1.94. The van der Waals surface area contributed by atoms with Gasteiger partial charge in [0.25, 0.3) is 0 Å². The van der Waals surface area contributed by atoms with Crippen molar-refractivity contribution in [3.05, 3.63) is 12.2 Å². The molecule has 0 spiro atoms. The van der Waals surface area contributed by atoms with Crippen LogP contribution in [0.5, 0.6) is 0 Å². The number of rotatable bonds is 3. The minimum atomic E-state index is -0.268. The zero-order chi connectivity index (χ0) is 13.8. The van der Waals surface area contributed by atoms with Crippen LogP contribution in [0.2, 0.25) is 0 Å². The lowest BCUT2D eigenvalue weighted by Crippen LogP contribution is -2.58. The maximum Gasteiger partial charge on any atom is 0.333 e. The first kappa shape index (κ1) is 13.2. The quantitative estimate of drug-likeness (QED) is 0.629. The number of aliphatic hydroxyl groups is 1. The highest BCUT2D eigenvalue weighted by Gasteiger charge is 2.58. The number of esters is 1. The number of hydrogen-bond donors (Lipinski definition) is 1. The third-order valence-corrected chi connectivity index (χ3v) is 6.04. The molecule has 4 rings (SSSR count). The smallest absolute Gasteiger partial charge is 0.333 e. The van der Waals surface area contributed by atoms with Gasteiger partial charge in [-0.3, -0.25) is 0 Å². The Balaban J connectivity index is 1.72. The molecular formula is C16H24O3. The third-order valence-electron chi connectivity index (χ3n) is 6.04. The number of ether oxygens (including phenoxy) is 1. The van der Waals surface area contributed by atoms with E-state index in [0.717, 1.165) is 25.7 Å². The molecule has 1 N–H and O–H groups in total. The van der Waals surface area contributed by atoms with E-state index in [0.29, 0.717) is 35.9 Å². The van der Waals surface area contributed by atoms with Crippen LogP contribution < -0.4 is 0 Å². The molecule has 4 fully saturated rings. The summed E-state index contributed by atoms with van der Waals surface area (Å²) in [6.07, 6.45) is 4.35. The fourth-order valence-electron chi connectivity index (χ4n) is 4.78. The zero-order valence-corrected chi connectivity index (χ0v) is 11.9. The first-order valence-corrected chi connectivity index (χ1v) is 7.42. The summed E-state index contributed by atoms with van der Waals surface area (Å²) in [5.74, 6) is 1.93. The van der Waals surface area contributed by atoms with Gasteiger partial charge in [-0.05, 0) is 56.3 Å². The second-order valence-electron chi connectivity index (χ2n) is 7.21. The van der Waals surface area contributed by atoms with Crippen LogP contribution in [0.15, 0.2) is 12.2 Å². The van der Waals surface area contributed by atoms with Crippen LogP contribution in [-0.2, 0) is 9.53 Å². The number of carbonyl (C=O) groups excluding carboxylic acids is 1. The SMILES string of the molecule is C=C(C)C(=O)OCC1(C)C2CC3CC1CC(C2)C3O. The van der Waals surface area contributed by atoms with Crippen molar-refractivity contribution in [3.8, 4) is 0 Å². The lowest BCUT2D eigenvalue weighted by atomic mass is 9.45. The molecule has 3 nitrogen and oxygen atoms in total. The average molecular weight is 264 g/mol. The molecule has 4 bridgehead atoms. The predicted molar refractivity (Wildman–Crippen MR) is 72.3 cm³/mol. The molecule has 3 heteroatoms. The van der Waals surface area contributed by atoms with Gasteiger partial charge in [-0.1, -0.05) is 13.5 Å². The molecule has 0 amide bonds. The van der Waals surface area contributed by atoms with E-state index in [9.17, 15) is 9.90 Å². The molecule has 0 radical (unpaired) electrons. The fraction of sp³-hybridized carbons (Fsp3) is 0.812. The number of aliphatic hydroxyl groups excluding tert-OH is 1. The molecule has 106 valence electrons. The van der Waals surface area contributed by atoms with Crippen LogP contribution >= 0.6 is 0 Å². The van der Waals surface area contributed by atoms with Gasteiger partial charge in [0.1, 0.15) is 0 Å². The Kier molecular flexibility index (Phi) is 3.01. The van der Waals surface area contributed by atoms with Gasteiger partial charge >= 0.3 is 5.97 Å². The van der Waals surface area contributed by atoms with Crippen LogP contribution in [-0.4, -0.2) is 23.8 Å². The lowest BCUT2D eigenvalue weighted by molar-refractivity contribution is -0.183. The van der Waals surface area contributed by atoms with E-state index in [4.69, 9.17) is 4.74 Å². The van der Waals surface area contributed by atoms with E-state index in [1.54, 1.807) is 6.92 Å². The van der Waals surface area contributed by atoms with Crippen molar-refractivity contribution in [2.45, 2.75) is 45.6 Å². The highest BCUT2D eigenvalue weighted by molar-refractivity contribution is 5.86. The molecule has 0 heterocycles. The van der Waals surface area contributed by atoms with Crippen LogP contribution in [0, 0.1) is 29.1 Å². The molecule has 4 aliphatic carbocycles. The predicted octanol–water partition coefficient (Wildman–Crippen LogP) is 2.54. The van der Waals surface area contributed by atoms with Crippen molar-refractivity contribution in [1.29, 1.82) is 0 Å². The monoisotopic (exact) mass is 264 g/mol. The minimum absolute atomic E-state index is 0.0741. The molecule has 0 atom stereocenters. The fourth-order valence-corrected chi connectivity index (χ4v) is 4.78. The molecule has 4 saturated carbocycles. The van der Waals surface area contributed by atoms with E-state index in [2.05, 4.69) is 13.5 Å². The van der Waals surface area contributed by atoms with Gasteiger partial charge in [0.15, 0.2) is 0 Å². The Bertz CT molecular complexity index is 382. The Hall–Kier alpha value is -0.830. The van der Waals surface area contributed by atoms with E-state index in [1.165, 1.54) is 0 Å². The average Bonchev–Trinajstić information content (AvgIpc) is 2.34. The standard InChI is InChI=1S/C16H24O3/c1-9(2)15(18)19-8-16(3)12-4-10-5-13(16)7-11(6-12)14(10)17/h10-14,17H,1,4-8H2,2-3H3. The maximum atomic E-state index is 11.6. The lowest BCUT2D eigenvalue weighted by Gasteiger charge is -2.61. The topological polar surface area (TPSA) is 46.5 Å². The van der Waals surface area contributed by atoms with E-state index in [-0.39, 0.29) is 17.5 Å². The Morgan fingerprint density at radius 1 is 1.26 bits per heavy atom. The molecule has 0 aliphatic heterocycles. The van der Waals surface area contributed by atoms with Gasteiger partial charge in [-0.2, -0.15) is 0 Å². The summed E-state index contributed by atoms with van der Waals surface area (Å²) in [7, 11) is 0. The first-order chi connectivity index (χ1) is 8.91. The molecule has 0 aromatic rings. The molecule has 4 aliphatic rings. The van der Waals surface area contributed by atoms with Crippen molar-refractivity contribution in [2.24, 2.45) is 29.1 Å². The van der Waals surface area contributed by atoms with Gasteiger partial charge in [0.2, 0.25) is 0 Å². The van der Waals surface area contributed by atoms with Crippen LogP contribution in [0.4, 0.5) is 0 Å². The summed E-state index contributed by atoms with van der Waals surface area (Å²) < 4.78 is 5.46. The summed E-state index contributed by atoms with van der Waals surface area (Å²) in [5.41, 5.74) is 0.584. The minimum Gasteiger partial charge on any atom is -0.462 e. The molecular weight excluding hydrogens is 240 g/mol. The normalized spacial score (nSPS) is 47.2. The van der Waals surface area contributed by atoms with Gasteiger partial charge in [-0.25, -0.2) is 4.79 Å². The number of carbonyl (C=O) groups is 1. The second kappa shape index (κ2) is 4.34. The maximum absolute atomic E-state index is 11.6. The summed E-state index contributed by atoms with van der Waals surface area (Å²) in [6, 6.07) is 0. The van der Waals surface area contributed by atoms with Crippen LogP contribution in [0.1, 0.15) is 39.5 Å². The van der Waals surface area contributed by atoms with Crippen molar-refractivity contribution in [3.63, 3.8) is 0 Å². The van der Waals surface area contributed by atoms with E-state index < -0.39 is 0 Å². The van der Waals surface area contributed by atoms with E-state index in [1.807, 2.05) is 0 Å². The summed E-state index contributed by atoms with van der Waals surface area (Å²) in [6.45, 7) is 8.12. The summed E-state index contributed by atoms with van der Waals surface area (Å²) >= 11 is 0. The molecule has 19 heavy (non-hydrogen) atoms. The van der Waals surface area contributed by atoms with E-state index >= 15 is 0 Å². The highest BCUT2D eigenvalue weighted by atomic mass is 16.5. The van der Waals surface area contributed by atoms with Gasteiger partial charge < -0.3 is 9.84 Å². The molecule has 0 aromatic heterocycles. The van der Waals surface area contributed by atoms with Gasteiger partial charge in [-0.15, -0.1) is 0 Å². The van der Waals surface area contributed by atoms with Gasteiger partial charge in [0.05, 0.1) is 12.7 Å².